The topological polar surface area (TPSA) is 29.5 Å². The Hall–Kier alpha value is -1.13. The number of ether oxygens (including phenoxy) is 1. The zero-order valence-corrected chi connectivity index (χ0v) is 8.06. The predicted octanol–water partition coefficient (Wildman–Crippen LogP) is 2.39. The first-order chi connectivity index (χ1) is 6.65. The van der Waals surface area contributed by atoms with Crippen LogP contribution >= 0.6 is 0 Å². The van der Waals surface area contributed by atoms with Crippen LogP contribution in [-0.2, 0) is 4.74 Å². The number of hydrogen-bond donors (Lipinski definition) is 0. The number of halogens is 2. The summed E-state index contributed by atoms with van der Waals surface area (Å²) in [5, 5.41) is 0. The molecule has 0 aliphatic carbocycles. The number of carbonyl (C=O) groups is 1. The van der Waals surface area contributed by atoms with Crippen molar-refractivity contribution in [2.45, 2.75) is 19.8 Å². The SMILES string of the molecule is CCOC(=O)N1CCC(=C(F)F)CC1. The minimum absolute atomic E-state index is 0.158. The Morgan fingerprint density at radius 3 is 2.43 bits per heavy atom. The van der Waals surface area contributed by atoms with Gasteiger partial charge >= 0.3 is 6.09 Å². The second-order valence-corrected chi connectivity index (χ2v) is 3.05. The Balaban J connectivity index is 2.43. The standard InChI is InChI=1S/C9H13F2NO2/c1-2-14-9(13)12-5-3-7(4-6-12)8(10)11/h2-6H2,1H3. The van der Waals surface area contributed by atoms with E-state index in [-0.39, 0.29) is 18.4 Å². The molecular formula is C9H13F2NO2. The largest absolute Gasteiger partial charge is 0.450 e. The van der Waals surface area contributed by atoms with Gasteiger partial charge in [0, 0.05) is 13.1 Å². The maximum Gasteiger partial charge on any atom is 0.409 e. The van der Waals surface area contributed by atoms with Crippen molar-refractivity contribution in [1.82, 2.24) is 4.90 Å². The zero-order chi connectivity index (χ0) is 10.6. The van der Waals surface area contributed by atoms with Crippen molar-refractivity contribution in [3.8, 4) is 0 Å². The van der Waals surface area contributed by atoms with E-state index in [0.29, 0.717) is 19.7 Å². The van der Waals surface area contributed by atoms with Crippen LogP contribution in [0.25, 0.3) is 0 Å². The minimum Gasteiger partial charge on any atom is -0.450 e. The molecule has 0 bridgehead atoms. The van der Waals surface area contributed by atoms with E-state index in [1.165, 1.54) is 4.90 Å². The molecular weight excluding hydrogens is 192 g/mol. The highest BCUT2D eigenvalue weighted by Crippen LogP contribution is 2.21. The summed E-state index contributed by atoms with van der Waals surface area (Å²) in [6.45, 7) is 2.68. The molecule has 0 aromatic rings. The summed E-state index contributed by atoms with van der Waals surface area (Å²) in [4.78, 5) is 12.6. The van der Waals surface area contributed by atoms with E-state index in [0.717, 1.165) is 0 Å². The average molecular weight is 205 g/mol. The van der Waals surface area contributed by atoms with E-state index in [1.807, 2.05) is 0 Å². The maximum atomic E-state index is 12.1. The molecule has 0 atom stereocenters. The van der Waals surface area contributed by atoms with Crippen molar-refractivity contribution in [3.63, 3.8) is 0 Å². The lowest BCUT2D eigenvalue weighted by atomic mass is 10.1. The molecule has 1 heterocycles. The number of hydrogen-bond acceptors (Lipinski definition) is 2. The van der Waals surface area contributed by atoms with Gasteiger partial charge in [-0.15, -0.1) is 0 Å². The van der Waals surface area contributed by atoms with Crippen LogP contribution in [0, 0.1) is 0 Å². The third-order valence-corrected chi connectivity index (χ3v) is 2.16. The zero-order valence-electron chi connectivity index (χ0n) is 8.06. The van der Waals surface area contributed by atoms with Crippen LogP contribution < -0.4 is 0 Å². The highest BCUT2D eigenvalue weighted by Gasteiger charge is 2.21. The summed E-state index contributed by atoms with van der Waals surface area (Å²) >= 11 is 0. The van der Waals surface area contributed by atoms with E-state index in [9.17, 15) is 13.6 Å². The van der Waals surface area contributed by atoms with Crippen LogP contribution in [-0.4, -0.2) is 30.7 Å². The minimum atomic E-state index is -1.60. The maximum absolute atomic E-state index is 12.1. The molecule has 80 valence electrons. The molecule has 1 aliphatic rings. The van der Waals surface area contributed by atoms with Gasteiger partial charge in [-0.05, 0) is 25.3 Å². The molecule has 1 fully saturated rings. The lowest BCUT2D eigenvalue weighted by Gasteiger charge is -2.26. The summed E-state index contributed by atoms with van der Waals surface area (Å²) in [6, 6.07) is 0. The molecule has 0 unspecified atom stereocenters. The first-order valence-corrected chi connectivity index (χ1v) is 4.60. The molecule has 0 saturated carbocycles. The highest BCUT2D eigenvalue weighted by atomic mass is 19.3. The molecule has 0 N–H and O–H groups in total. The first kappa shape index (κ1) is 10.9. The quantitative estimate of drug-likeness (QED) is 0.657. The summed E-state index contributed by atoms with van der Waals surface area (Å²) in [7, 11) is 0. The van der Waals surface area contributed by atoms with Crippen molar-refractivity contribution in [2.75, 3.05) is 19.7 Å². The smallest absolute Gasteiger partial charge is 0.409 e. The fourth-order valence-corrected chi connectivity index (χ4v) is 1.36. The molecule has 1 rings (SSSR count). The van der Waals surface area contributed by atoms with Crippen LogP contribution in [0.15, 0.2) is 11.7 Å². The summed E-state index contributed by atoms with van der Waals surface area (Å²) in [5.41, 5.74) is 0.158. The van der Waals surface area contributed by atoms with Gasteiger partial charge in [-0.2, -0.15) is 8.78 Å². The molecule has 0 aromatic carbocycles. The van der Waals surface area contributed by atoms with E-state index >= 15 is 0 Å². The van der Waals surface area contributed by atoms with Gasteiger partial charge in [0.1, 0.15) is 0 Å². The molecule has 5 heteroatoms. The number of carbonyl (C=O) groups excluding carboxylic acids is 1. The molecule has 0 aromatic heterocycles. The van der Waals surface area contributed by atoms with Crippen LogP contribution in [0.4, 0.5) is 13.6 Å². The monoisotopic (exact) mass is 205 g/mol. The molecule has 1 saturated heterocycles. The molecule has 1 aliphatic heterocycles. The summed E-state index contributed by atoms with van der Waals surface area (Å²) in [6.07, 6.45) is -1.51. The van der Waals surface area contributed by atoms with Crippen LogP contribution in [0.3, 0.4) is 0 Å². The van der Waals surface area contributed by atoms with E-state index in [1.54, 1.807) is 6.92 Å². The van der Waals surface area contributed by atoms with Crippen molar-refractivity contribution < 1.29 is 18.3 Å². The second-order valence-electron chi connectivity index (χ2n) is 3.05. The first-order valence-electron chi connectivity index (χ1n) is 4.60. The van der Waals surface area contributed by atoms with Gasteiger partial charge in [-0.3, -0.25) is 0 Å². The second kappa shape index (κ2) is 4.93. The lowest BCUT2D eigenvalue weighted by molar-refractivity contribution is 0.103. The van der Waals surface area contributed by atoms with Crippen molar-refractivity contribution in [2.24, 2.45) is 0 Å². The Bertz CT molecular complexity index is 239. The van der Waals surface area contributed by atoms with Gasteiger partial charge in [-0.25, -0.2) is 4.79 Å². The highest BCUT2D eigenvalue weighted by molar-refractivity contribution is 5.67. The summed E-state index contributed by atoms with van der Waals surface area (Å²) < 4.78 is 29.0. The van der Waals surface area contributed by atoms with Crippen molar-refractivity contribution in [3.05, 3.63) is 11.7 Å². The Kier molecular flexibility index (Phi) is 3.85. The normalized spacial score (nSPS) is 16.8. The Labute approximate surface area is 81.3 Å². The van der Waals surface area contributed by atoms with Crippen molar-refractivity contribution in [1.29, 1.82) is 0 Å². The van der Waals surface area contributed by atoms with Crippen LogP contribution in [0.5, 0.6) is 0 Å². The van der Waals surface area contributed by atoms with Crippen LogP contribution in [0.1, 0.15) is 19.8 Å². The van der Waals surface area contributed by atoms with E-state index in [4.69, 9.17) is 4.74 Å². The number of nitrogens with zero attached hydrogens (tertiary/aromatic N) is 1. The third-order valence-electron chi connectivity index (χ3n) is 2.16. The summed E-state index contributed by atoms with van der Waals surface area (Å²) in [5.74, 6) is 0. The predicted molar refractivity (Wildman–Crippen MR) is 47.1 cm³/mol. The van der Waals surface area contributed by atoms with E-state index < -0.39 is 12.2 Å². The molecule has 3 nitrogen and oxygen atoms in total. The Morgan fingerprint density at radius 1 is 1.43 bits per heavy atom. The van der Waals surface area contributed by atoms with Gasteiger partial charge in [0.15, 0.2) is 0 Å². The third kappa shape index (κ3) is 2.68. The Morgan fingerprint density at radius 2 is 2.00 bits per heavy atom. The van der Waals surface area contributed by atoms with Gasteiger partial charge in [0.25, 0.3) is 6.08 Å². The van der Waals surface area contributed by atoms with E-state index in [2.05, 4.69) is 0 Å². The van der Waals surface area contributed by atoms with Gasteiger partial charge in [-0.1, -0.05) is 0 Å². The fourth-order valence-electron chi connectivity index (χ4n) is 1.36. The molecule has 0 radical (unpaired) electrons. The lowest BCUT2D eigenvalue weighted by Crippen LogP contribution is -2.36. The van der Waals surface area contributed by atoms with Crippen LogP contribution in [0.2, 0.25) is 0 Å². The van der Waals surface area contributed by atoms with Gasteiger partial charge in [0.05, 0.1) is 6.61 Å². The van der Waals surface area contributed by atoms with Gasteiger partial charge < -0.3 is 9.64 Å². The molecule has 14 heavy (non-hydrogen) atoms. The molecule has 0 spiro atoms. The number of amides is 1. The fraction of sp³-hybridized carbons (Fsp3) is 0.667. The number of rotatable bonds is 1. The molecule has 1 amide bonds. The number of piperidine rings is 1. The van der Waals surface area contributed by atoms with Crippen molar-refractivity contribution >= 4 is 6.09 Å². The van der Waals surface area contributed by atoms with Gasteiger partial charge in [0.2, 0.25) is 0 Å². The average Bonchev–Trinajstić information content (AvgIpc) is 2.18. The number of likely N-dealkylation sites (tertiary alicyclic amines) is 1.